The van der Waals surface area contributed by atoms with Crippen molar-refractivity contribution >= 4 is 47.5 Å². The number of hydrogen-bond donors (Lipinski definition) is 2. The average molecular weight is 498 g/mol. The highest BCUT2D eigenvalue weighted by Crippen LogP contribution is 2.26. The molecule has 0 bridgehead atoms. The van der Waals surface area contributed by atoms with Crippen LogP contribution in [0.3, 0.4) is 0 Å². The molecule has 0 spiro atoms. The lowest BCUT2D eigenvalue weighted by atomic mass is 9.91. The number of anilines is 2. The first kappa shape index (κ1) is 27.0. The fourth-order valence-corrected chi connectivity index (χ4v) is 4.21. The van der Waals surface area contributed by atoms with Crippen molar-refractivity contribution in [2.45, 2.75) is 44.2 Å². The Balaban J connectivity index is 0.00000193. The second-order valence-corrected chi connectivity index (χ2v) is 8.43. The Hall–Kier alpha value is -2.22. The highest BCUT2D eigenvalue weighted by molar-refractivity contribution is 5.90. The zero-order valence-corrected chi connectivity index (χ0v) is 20.5. The highest BCUT2D eigenvalue weighted by Gasteiger charge is 2.22. The van der Waals surface area contributed by atoms with Gasteiger partial charge in [-0.2, -0.15) is 4.98 Å². The van der Waals surface area contributed by atoms with Crippen LogP contribution >= 0.6 is 24.8 Å². The summed E-state index contributed by atoms with van der Waals surface area (Å²) in [4.78, 5) is 11.5. The lowest BCUT2D eigenvalue weighted by Crippen LogP contribution is -2.38. The monoisotopic (exact) mass is 497 g/mol. The van der Waals surface area contributed by atoms with E-state index in [-0.39, 0.29) is 24.8 Å². The Kier molecular flexibility index (Phi) is 10.1. The van der Waals surface area contributed by atoms with Gasteiger partial charge in [-0.15, -0.1) is 24.8 Å². The number of rotatable bonds is 7. The molecule has 1 fully saturated rings. The molecule has 1 aromatic heterocycles. The maximum absolute atomic E-state index is 13.3. The minimum Gasteiger partial charge on any atom is -0.362 e. The Labute approximate surface area is 206 Å². The van der Waals surface area contributed by atoms with Crippen molar-refractivity contribution < 1.29 is 8.78 Å². The van der Waals surface area contributed by atoms with Gasteiger partial charge in [0.1, 0.15) is 5.82 Å². The normalized spacial score (nSPS) is 17.7. The Morgan fingerprint density at radius 2 is 1.61 bits per heavy atom. The van der Waals surface area contributed by atoms with E-state index in [0.717, 1.165) is 54.5 Å². The topological polar surface area (TPSA) is 53.1 Å². The van der Waals surface area contributed by atoms with Crippen molar-refractivity contribution in [3.63, 3.8) is 0 Å². The van der Waals surface area contributed by atoms with Crippen molar-refractivity contribution in [1.29, 1.82) is 0 Å². The molecule has 5 nitrogen and oxygen atoms in total. The van der Waals surface area contributed by atoms with E-state index in [9.17, 15) is 8.78 Å². The van der Waals surface area contributed by atoms with Crippen LogP contribution in [0.25, 0.3) is 10.9 Å². The molecular weight excluding hydrogens is 467 g/mol. The van der Waals surface area contributed by atoms with Gasteiger partial charge < -0.3 is 15.5 Å². The number of benzene rings is 2. The summed E-state index contributed by atoms with van der Waals surface area (Å²) >= 11 is 0. The van der Waals surface area contributed by atoms with Gasteiger partial charge in [-0.1, -0.05) is 18.2 Å². The first-order valence-electron chi connectivity index (χ1n) is 10.9. The van der Waals surface area contributed by atoms with Crippen LogP contribution in [-0.4, -0.2) is 42.7 Å². The maximum atomic E-state index is 13.3. The van der Waals surface area contributed by atoms with Crippen molar-refractivity contribution in [2.75, 3.05) is 30.9 Å². The van der Waals surface area contributed by atoms with Crippen LogP contribution in [0.4, 0.5) is 20.5 Å². The molecule has 0 amide bonds. The van der Waals surface area contributed by atoms with Crippen LogP contribution in [0, 0.1) is 11.6 Å². The molecule has 2 aromatic carbocycles. The Morgan fingerprint density at radius 3 is 2.30 bits per heavy atom. The molecule has 0 unspecified atom stereocenters. The molecule has 0 saturated heterocycles. The second kappa shape index (κ2) is 12.3. The number of para-hydroxylation sites is 1. The van der Waals surface area contributed by atoms with Crippen molar-refractivity contribution in [3.05, 3.63) is 59.7 Å². The molecule has 4 rings (SSSR count). The predicted octanol–water partition coefficient (Wildman–Crippen LogP) is 5.37. The number of fused-ring (bicyclic) bond motifs is 1. The summed E-state index contributed by atoms with van der Waals surface area (Å²) in [5.74, 6) is 0.0193. The summed E-state index contributed by atoms with van der Waals surface area (Å²) in [5, 5.41) is 8.13. The number of nitrogens with one attached hydrogen (secondary N) is 2. The zero-order chi connectivity index (χ0) is 21.8. The van der Waals surface area contributed by atoms with E-state index in [1.807, 2.05) is 43.3 Å². The fourth-order valence-electron chi connectivity index (χ4n) is 4.21. The number of nitrogens with zero attached hydrogens (tertiary/aromatic N) is 3. The van der Waals surface area contributed by atoms with E-state index in [1.165, 1.54) is 12.1 Å². The van der Waals surface area contributed by atoms with Crippen LogP contribution in [0.2, 0.25) is 0 Å². The molecule has 0 atom stereocenters. The molecule has 2 N–H and O–H groups in total. The zero-order valence-electron chi connectivity index (χ0n) is 18.9. The van der Waals surface area contributed by atoms with Gasteiger partial charge in [-0.3, -0.25) is 0 Å². The SMILES string of the molecule is CN(C)c1nc(NC2CCC(NCCc3ccc(F)c(F)c3)CC2)nc2ccccc12.Cl.Cl. The molecule has 9 heteroatoms. The molecular formula is C24H31Cl2F2N5. The van der Waals surface area contributed by atoms with E-state index < -0.39 is 11.6 Å². The predicted molar refractivity (Wildman–Crippen MR) is 136 cm³/mol. The lowest BCUT2D eigenvalue weighted by molar-refractivity contribution is 0.355. The van der Waals surface area contributed by atoms with Crippen LogP contribution in [-0.2, 0) is 6.42 Å². The van der Waals surface area contributed by atoms with Gasteiger partial charge >= 0.3 is 0 Å². The van der Waals surface area contributed by atoms with E-state index in [1.54, 1.807) is 6.07 Å². The average Bonchev–Trinajstić information content (AvgIpc) is 2.77. The number of hydrogen-bond acceptors (Lipinski definition) is 5. The van der Waals surface area contributed by atoms with Gasteiger partial charge in [-0.25, -0.2) is 13.8 Å². The van der Waals surface area contributed by atoms with Crippen molar-refractivity contribution in [3.8, 4) is 0 Å². The van der Waals surface area contributed by atoms with E-state index >= 15 is 0 Å². The van der Waals surface area contributed by atoms with Crippen LogP contribution in [0.15, 0.2) is 42.5 Å². The summed E-state index contributed by atoms with van der Waals surface area (Å²) < 4.78 is 26.4. The highest BCUT2D eigenvalue weighted by atomic mass is 35.5. The van der Waals surface area contributed by atoms with E-state index in [2.05, 4.69) is 10.6 Å². The third kappa shape index (κ3) is 6.88. The van der Waals surface area contributed by atoms with Crippen molar-refractivity contribution in [2.24, 2.45) is 0 Å². The summed E-state index contributed by atoms with van der Waals surface area (Å²) in [6.45, 7) is 0.758. The van der Waals surface area contributed by atoms with Gasteiger partial charge in [0.25, 0.3) is 0 Å². The van der Waals surface area contributed by atoms with Crippen LogP contribution in [0.1, 0.15) is 31.2 Å². The Morgan fingerprint density at radius 1 is 0.909 bits per heavy atom. The Bertz CT molecular complexity index is 1040. The van der Waals surface area contributed by atoms with Gasteiger partial charge in [0.2, 0.25) is 5.95 Å². The molecule has 33 heavy (non-hydrogen) atoms. The van der Waals surface area contributed by atoms with Gasteiger partial charge in [0.05, 0.1) is 5.52 Å². The summed E-state index contributed by atoms with van der Waals surface area (Å²) in [6.07, 6.45) is 4.88. The lowest BCUT2D eigenvalue weighted by Gasteiger charge is -2.30. The molecule has 0 aliphatic heterocycles. The van der Waals surface area contributed by atoms with Gasteiger partial charge in [-0.05, 0) is 68.5 Å². The number of aromatic nitrogens is 2. The number of halogens is 4. The second-order valence-electron chi connectivity index (χ2n) is 8.43. The fraction of sp³-hybridized carbons (Fsp3) is 0.417. The molecule has 3 aromatic rings. The molecule has 1 aliphatic carbocycles. The quantitative estimate of drug-likeness (QED) is 0.459. The smallest absolute Gasteiger partial charge is 0.225 e. The van der Waals surface area contributed by atoms with E-state index in [0.29, 0.717) is 24.5 Å². The van der Waals surface area contributed by atoms with Crippen molar-refractivity contribution in [1.82, 2.24) is 15.3 Å². The first-order valence-corrected chi connectivity index (χ1v) is 10.9. The minimum absolute atomic E-state index is 0. The van der Waals surface area contributed by atoms with Crippen LogP contribution < -0.4 is 15.5 Å². The standard InChI is InChI=1S/C24H29F2N5.2ClH/c1-31(2)23-19-5-3-4-6-22(19)29-24(30-23)28-18-10-8-17(9-11-18)27-14-13-16-7-12-20(25)21(26)15-16;;/h3-7,12,15,17-18,27H,8-11,13-14H2,1-2H3,(H,28,29,30);2*1H. The third-order valence-corrected chi connectivity index (χ3v) is 5.90. The van der Waals surface area contributed by atoms with Crippen LogP contribution in [0.5, 0.6) is 0 Å². The van der Waals surface area contributed by atoms with E-state index in [4.69, 9.17) is 9.97 Å². The molecule has 1 aliphatic rings. The summed E-state index contributed by atoms with van der Waals surface area (Å²) in [7, 11) is 3.99. The van der Waals surface area contributed by atoms with Gasteiger partial charge in [0.15, 0.2) is 11.6 Å². The summed E-state index contributed by atoms with van der Waals surface area (Å²) in [5.41, 5.74) is 1.75. The maximum Gasteiger partial charge on any atom is 0.225 e. The minimum atomic E-state index is -0.796. The molecule has 180 valence electrons. The van der Waals surface area contributed by atoms with Gasteiger partial charge in [0, 0.05) is 31.6 Å². The first-order chi connectivity index (χ1) is 15.0. The third-order valence-electron chi connectivity index (χ3n) is 5.90. The largest absolute Gasteiger partial charge is 0.362 e. The molecule has 1 heterocycles. The molecule has 0 radical (unpaired) electrons. The molecule has 1 saturated carbocycles. The summed E-state index contributed by atoms with van der Waals surface area (Å²) in [6, 6.07) is 13.0.